The lowest BCUT2D eigenvalue weighted by Crippen LogP contribution is -2.57. The summed E-state index contributed by atoms with van der Waals surface area (Å²) >= 11 is 0. The van der Waals surface area contributed by atoms with Crippen molar-refractivity contribution in [3.8, 4) is 5.75 Å². The van der Waals surface area contributed by atoms with E-state index < -0.39 is 23.7 Å². The number of aliphatic hydroxyl groups is 1. The van der Waals surface area contributed by atoms with E-state index in [1.54, 1.807) is 5.01 Å². The van der Waals surface area contributed by atoms with Gasteiger partial charge in [-0.1, -0.05) is 39.8 Å². The average molecular weight is 495 g/mol. The maximum atomic E-state index is 13.1. The molecule has 0 saturated carbocycles. The number of nitrogens with one attached hydrogen (secondary N) is 2. The minimum Gasteiger partial charge on any atom is -0.492 e. The molecule has 0 spiro atoms. The van der Waals surface area contributed by atoms with Crippen molar-refractivity contribution in [2.45, 2.75) is 52.8 Å². The van der Waals surface area contributed by atoms with Crippen molar-refractivity contribution >= 4 is 12.0 Å². The molecule has 1 aromatic rings. The van der Waals surface area contributed by atoms with Gasteiger partial charge in [-0.2, -0.15) is 0 Å². The number of rotatable bonds is 12. The number of aliphatic hydroxyl groups excluding tert-OH is 1. The zero-order valence-corrected chi connectivity index (χ0v) is 21.7. The smallest absolute Gasteiger partial charge is 0.407 e. The molecule has 2 atom stereocenters. The molecule has 198 valence electrons. The second kappa shape index (κ2) is 14.2. The molecule has 1 fully saturated rings. The summed E-state index contributed by atoms with van der Waals surface area (Å²) in [6.07, 6.45) is -0.741. The summed E-state index contributed by atoms with van der Waals surface area (Å²) in [4.78, 5) is 27.2. The van der Waals surface area contributed by atoms with Gasteiger partial charge in [0.05, 0.1) is 26.4 Å². The number of methoxy groups -OCH3 is 1. The van der Waals surface area contributed by atoms with E-state index in [0.717, 1.165) is 44.2 Å². The fourth-order valence-corrected chi connectivity index (χ4v) is 3.63. The number of carbonyl (C=O) groups is 2. The maximum Gasteiger partial charge on any atom is 0.407 e. The number of hydrogen-bond donors (Lipinski definition) is 3. The molecule has 2 amide bonds. The van der Waals surface area contributed by atoms with Crippen LogP contribution >= 0.6 is 0 Å². The van der Waals surface area contributed by atoms with Crippen molar-refractivity contribution in [2.75, 3.05) is 53.1 Å². The van der Waals surface area contributed by atoms with E-state index in [2.05, 4.69) is 20.4 Å². The van der Waals surface area contributed by atoms with Crippen LogP contribution in [0.4, 0.5) is 4.79 Å². The monoisotopic (exact) mass is 494 g/mol. The second-order valence-corrected chi connectivity index (χ2v) is 9.80. The van der Waals surface area contributed by atoms with Crippen LogP contribution in [0.1, 0.15) is 39.7 Å². The number of hydrogen-bond acceptors (Lipinski definition) is 8. The van der Waals surface area contributed by atoms with Gasteiger partial charge >= 0.3 is 6.09 Å². The van der Waals surface area contributed by atoms with Crippen molar-refractivity contribution in [1.29, 1.82) is 0 Å². The Morgan fingerprint density at radius 1 is 1.20 bits per heavy atom. The van der Waals surface area contributed by atoms with Gasteiger partial charge in [0.1, 0.15) is 18.4 Å². The van der Waals surface area contributed by atoms with E-state index in [-0.39, 0.29) is 12.5 Å². The Bertz CT molecular complexity index is 777. The van der Waals surface area contributed by atoms with E-state index in [0.29, 0.717) is 19.6 Å². The number of alkyl carbamates (subject to hydrolysis) is 1. The van der Waals surface area contributed by atoms with Crippen molar-refractivity contribution in [2.24, 2.45) is 5.41 Å². The molecule has 10 heteroatoms. The van der Waals surface area contributed by atoms with Crippen LogP contribution in [0.5, 0.6) is 5.75 Å². The predicted molar refractivity (Wildman–Crippen MR) is 133 cm³/mol. The lowest BCUT2D eigenvalue weighted by molar-refractivity contribution is -0.131. The Balaban J connectivity index is 1.98. The van der Waals surface area contributed by atoms with Crippen LogP contribution in [0.15, 0.2) is 24.3 Å². The molecule has 0 radical (unpaired) electrons. The molecule has 1 aliphatic rings. The molecule has 0 aliphatic carbocycles. The number of nitrogens with zero attached hydrogens (tertiary/aromatic N) is 2. The van der Waals surface area contributed by atoms with Crippen LogP contribution in [0.2, 0.25) is 0 Å². The Labute approximate surface area is 208 Å². The van der Waals surface area contributed by atoms with Crippen LogP contribution in [0, 0.1) is 5.41 Å². The molecular weight excluding hydrogens is 452 g/mol. The van der Waals surface area contributed by atoms with Crippen molar-refractivity contribution in [3.63, 3.8) is 0 Å². The van der Waals surface area contributed by atoms with E-state index in [9.17, 15) is 14.7 Å². The summed E-state index contributed by atoms with van der Waals surface area (Å²) in [5.74, 6) is 0.399. The third-order valence-corrected chi connectivity index (χ3v) is 5.82. The molecule has 3 N–H and O–H groups in total. The summed E-state index contributed by atoms with van der Waals surface area (Å²) in [6, 6.07) is 6.87. The summed E-state index contributed by atoms with van der Waals surface area (Å²) in [5, 5.41) is 14.5. The van der Waals surface area contributed by atoms with Crippen LogP contribution < -0.4 is 15.5 Å². The Hall–Kier alpha value is -2.40. The van der Waals surface area contributed by atoms with Gasteiger partial charge in [0.15, 0.2) is 0 Å². The molecule has 1 aliphatic heterocycles. The van der Waals surface area contributed by atoms with E-state index in [4.69, 9.17) is 9.47 Å². The standard InChI is InChI=1S/C25H42N4O6/c1-6-20(30)18-29(27-23(31)22(25(2,3)4)26-24(32)33-5)17-19-7-9-21(10-8-19)35-16-13-28-11-14-34-15-12-28/h7-10,20,22,30H,6,11-18H2,1-5H3,(H,26,32)(H,27,31). The first kappa shape index (κ1) is 28.8. The first-order chi connectivity index (χ1) is 16.6. The third kappa shape index (κ3) is 10.4. The lowest BCUT2D eigenvalue weighted by Gasteiger charge is -2.33. The zero-order chi connectivity index (χ0) is 25.8. The summed E-state index contributed by atoms with van der Waals surface area (Å²) in [6.45, 7) is 12.9. The van der Waals surface area contributed by atoms with Crippen LogP contribution in [-0.2, 0) is 20.8 Å². The molecule has 2 rings (SSSR count). The molecule has 10 nitrogen and oxygen atoms in total. The number of amides is 2. The maximum absolute atomic E-state index is 13.1. The van der Waals surface area contributed by atoms with Crippen LogP contribution in [0.25, 0.3) is 0 Å². The number of hydrazine groups is 1. The second-order valence-electron chi connectivity index (χ2n) is 9.80. The van der Waals surface area contributed by atoms with Gasteiger partial charge in [-0.15, -0.1) is 0 Å². The molecule has 2 unspecified atom stereocenters. The minimum absolute atomic E-state index is 0.245. The number of benzene rings is 1. The van der Waals surface area contributed by atoms with Crippen molar-refractivity contribution in [3.05, 3.63) is 29.8 Å². The van der Waals surface area contributed by atoms with Gasteiger partial charge in [-0.25, -0.2) is 9.80 Å². The van der Waals surface area contributed by atoms with E-state index >= 15 is 0 Å². The van der Waals surface area contributed by atoms with Gasteiger partial charge in [0, 0.05) is 32.7 Å². The summed E-state index contributed by atoms with van der Waals surface area (Å²) in [7, 11) is 1.26. The predicted octanol–water partition coefficient (Wildman–Crippen LogP) is 1.77. The third-order valence-electron chi connectivity index (χ3n) is 5.82. The fraction of sp³-hybridized carbons (Fsp3) is 0.680. The Kier molecular flexibility index (Phi) is 11.7. The van der Waals surface area contributed by atoms with Crippen LogP contribution in [0.3, 0.4) is 0 Å². The highest BCUT2D eigenvalue weighted by atomic mass is 16.5. The highest BCUT2D eigenvalue weighted by molar-refractivity contribution is 5.86. The highest BCUT2D eigenvalue weighted by Crippen LogP contribution is 2.20. The van der Waals surface area contributed by atoms with Gasteiger partial charge in [0.25, 0.3) is 5.91 Å². The molecular formula is C25H42N4O6. The summed E-state index contributed by atoms with van der Waals surface area (Å²) in [5.41, 5.74) is 3.27. The largest absolute Gasteiger partial charge is 0.492 e. The first-order valence-corrected chi connectivity index (χ1v) is 12.2. The molecule has 35 heavy (non-hydrogen) atoms. The van der Waals surface area contributed by atoms with E-state index in [1.807, 2.05) is 52.0 Å². The molecule has 0 aromatic heterocycles. The first-order valence-electron chi connectivity index (χ1n) is 12.2. The quantitative estimate of drug-likeness (QED) is 0.377. The fourth-order valence-electron chi connectivity index (χ4n) is 3.63. The van der Waals surface area contributed by atoms with Gasteiger partial charge in [-0.05, 0) is 29.5 Å². The SMILES string of the molecule is CCC(O)CN(Cc1ccc(OCCN2CCOCC2)cc1)NC(=O)C(NC(=O)OC)C(C)(C)C. The number of carbonyl (C=O) groups excluding carboxylic acids is 2. The number of ether oxygens (including phenoxy) is 3. The highest BCUT2D eigenvalue weighted by Gasteiger charge is 2.34. The topological polar surface area (TPSA) is 113 Å². The molecule has 1 heterocycles. The Morgan fingerprint density at radius 3 is 2.43 bits per heavy atom. The van der Waals surface area contributed by atoms with Crippen molar-refractivity contribution in [1.82, 2.24) is 20.7 Å². The molecule has 0 bridgehead atoms. The van der Waals surface area contributed by atoms with Gasteiger partial charge in [0.2, 0.25) is 0 Å². The van der Waals surface area contributed by atoms with Gasteiger partial charge < -0.3 is 24.6 Å². The average Bonchev–Trinajstić information content (AvgIpc) is 2.83. The van der Waals surface area contributed by atoms with Gasteiger partial charge in [-0.3, -0.25) is 15.1 Å². The Morgan fingerprint density at radius 2 is 1.86 bits per heavy atom. The molecule has 1 aromatic carbocycles. The normalized spacial score (nSPS) is 16.4. The lowest BCUT2D eigenvalue weighted by atomic mass is 9.86. The molecule has 1 saturated heterocycles. The van der Waals surface area contributed by atoms with E-state index in [1.165, 1.54) is 7.11 Å². The number of morpholine rings is 1. The minimum atomic E-state index is -0.821. The summed E-state index contributed by atoms with van der Waals surface area (Å²) < 4.78 is 15.9. The zero-order valence-electron chi connectivity index (χ0n) is 21.7. The van der Waals surface area contributed by atoms with Crippen LogP contribution in [-0.4, -0.2) is 92.3 Å². The van der Waals surface area contributed by atoms with Crippen molar-refractivity contribution < 1.29 is 28.9 Å².